The molecule has 5 amide bonds. The van der Waals surface area contributed by atoms with Gasteiger partial charge < -0.3 is 31.3 Å². The van der Waals surface area contributed by atoms with Crippen molar-refractivity contribution in [3.05, 3.63) is 96.0 Å². The van der Waals surface area contributed by atoms with Crippen molar-refractivity contribution in [3.8, 4) is 0 Å². The number of carbonyl (C=O) groups excluding carboxylic acids is 7. The summed E-state index contributed by atoms with van der Waals surface area (Å²) in [6, 6.07) is 5.39. The van der Waals surface area contributed by atoms with E-state index in [1.807, 2.05) is 59.8 Å². The second-order valence-electron chi connectivity index (χ2n) is 15.4. The number of allylic oxidation sites excluding steroid dienone is 7. The average molecular weight is 802 g/mol. The molecule has 0 saturated heterocycles. The van der Waals surface area contributed by atoms with Crippen LogP contribution in [0.15, 0.2) is 90.5 Å². The van der Waals surface area contributed by atoms with Crippen LogP contribution in [0.2, 0.25) is 0 Å². The molecule has 316 valence electrons. The first-order valence-electron chi connectivity index (χ1n) is 20.2. The Morgan fingerprint density at radius 1 is 0.983 bits per heavy atom. The molecule has 1 aliphatic heterocycles. The predicted octanol–water partition coefficient (Wildman–Crippen LogP) is 5.66. The van der Waals surface area contributed by atoms with Crippen molar-refractivity contribution in [3.63, 3.8) is 0 Å². The van der Waals surface area contributed by atoms with E-state index < -0.39 is 54.1 Å². The predicted molar refractivity (Wildman–Crippen MR) is 225 cm³/mol. The third-order valence-corrected chi connectivity index (χ3v) is 8.81. The Morgan fingerprint density at radius 3 is 2.36 bits per heavy atom. The summed E-state index contributed by atoms with van der Waals surface area (Å²) in [6.07, 6.45) is 14.7. The number of hydrogen-bond donors (Lipinski definition) is 5. The number of nitrogens with one attached hydrogen (secondary N) is 5. The SMILES string of the molecule is C=C1/C=C(/C=C\C)OC(/C=C\CC)=CCCC(C(=O)NC(CCCC)C(=O)C(=O)NCC(=O)NC(C(=O)CC(C)(C)C)c2ccccc2)NC(=O)CNC(=O)CCC1. The minimum absolute atomic E-state index is 0.0886. The van der Waals surface area contributed by atoms with Gasteiger partial charge in [-0.25, -0.2) is 0 Å². The summed E-state index contributed by atoms with van der Waals surface area (Å²) in [5.41, 5.74) is 1.02. The molecule has 13 nitrogen and oxygen atoms in total. The van der Waals surface area contributed by atoms with Gasteiger partial charge in [-0.05, 0) is 80.7 Å². The number of hydrogen-bond acceptors (Lipinski definition) is 8. The molecule has 0 aromatic heterocycles. The number of carbonyl (C=O) groups is 7. The van der Waals surface area contributed by atoms with E-state index in [0.717, 1.165) is 12.0 Å². The van der Waals surface area contributed by atoms with Crippen molar-refractivity contribution < 1.29 is 38.3 Å². The molecule has 0 spiro atoms. The van der Waals surface area contributed by atoms with Crippen LogP contribution in [-0.2, 0) is 38.3 Å². The van der Waals surface area contributed by atoms with Gasteiger partial charge in [-0.3, -0.25) is 33.6 Å². The van der Waals surface area contributed by atoms with Gasteiger partial charge in [0.1, 0.15) is 23.6 Å². The summed E-state index contributed by atoms with van der Waals surface area (Å²) in [6.45, 7) is 14.6. The molecule has 2 rings (SSSR count). The summed E-state index contributed by atoms with van der Waals surface area (Å²) < 4.78 is 6.19. The molecule has 1 aromatic rings. The number of Topliss-reactive ketones (excluding diaryl/α,β-unsaturated/α-hetero) is 2. The lowest BCUT2D eigenvalue weighted by Gasteiger charge is -2.24. The van der Waals surface area contributed by atoms with Crippen molar-refractivity contribution in [2.45, 2.75) is 124 Å². The molecule has 0 radical (unpaired) electrons. The number of benzene rings is 1. The quantitative estimate of drug-likeness (QED) is 0.133. The van der Waals surface area contributed by atoms with Crippen LogP contribution < -0.4 is 26.6 Å². The lowest BCUT2D eigenvalue weighted by Crippen LogP contribution is -2.55. The van der Waals surface area contributed by atoms with E-state index in [1.165, 1.54) is 0 Å². The number of amides is 5. The van der Waals surface area contributed by atoms with Gasteiger partial charge in [0.2, 0.25) is 29.4 Å². The third kappa shape index (κ3) is 19.0. The van der Waals surface area contributed by atoms with Crippen LogP contribution in [0.4, 0.5) is 0 Å². The fourth-order valence-corrected chi connectivity index (χ4v) is 5.90. The summed E-state index contributed by atoms with van der Waals surface area (Å²) in [7, 11) is 0. The van der Waals surface area contributed by atoms with E-state index in [1.54, 1.807) is 48.6 Å². The van der Waals surface area contributed by atoms with E-state index in [2.05, 4.69) is 33.2 Å². The summed E-state index contributed by atoms with van der Waals surface area (Å²) in [4.78, 5) is 92.3. The standard InChI is InChI=1S/C45H63N5O8/c1-8-11-22-33-23-17-25-36(48-39(53)29-46-38(52)26-16-19-31(4)27-34(58-33)18-10-3)43(56)49-35(24-12-9-2)42(55)44(57)47-30-40(54)50-41(32-20-14-13-15-21-32)37(51)28-45(5,6)7/h10-11,13-15,18,20-23,27,35-36,41H,4,8-9,12,16-17,19,24-26,28-30H2,1-3,5-7H3,(H,46,52)(H,47,57)(H,48,53)(H,49,56)(H,50,54)/b18-10-,22-11-,33-23?,34-27-. The van der Waals surface area contributed by atoms with Crippen LogP contribution in [0.5, 0.6) is 0 Å². The Hall–Kier alpha value is -5.59. The normalized spacial score (nSPS) is 18.3. The highest BCUT2D eigenvalue weighted by atomic mass is 16.5. The summed E-state index contributed by atoms with van der Waals surface area (Å²) >= 11 is 0. The second kappa shape index (κ2) is 25.6. The van der Waals surface area contributed by atoms with E-state index in [-0.39, 0.29) is 55.8 Å². The first kappa shape index (κ1) is 48.6. The van der Waals surface area contributed by atoms with Crippen molar-refractivity contribution in [1.29, 1.82) is 0 Å². The number of ketones is 2. The zero-order chi connectivity index (χ0) is 43.1. The summed E-state index contributed by atoms with van der Waals surface area (Å²) in [5.74, 6) is -3.54. The summed E-state index contributed by atoms with van der Waals surface area (Å²) in [5, 5.41) is 12.9. The molecule has 0 bridgehead atoms. The molecular formula is C45H63N5O8. The monoisotopic (exact) mass is 801 g/mol. The Labute approximate surface area is 343 Å². The molecule has 1 aromatic carbocycles. The van der Waals surface area contributed by atoms with Gasteiger partial charge in [0, 0.05) is 12.8 Å². The molecule has 1 aliphatic rings. The van der Waals surface area contributed by atoms with Gasteiger partial charge in [-0.2, -0.15) is 0 Å². The number of ether oxygens (including phenoxy) is 1. The minimum Gasteiger partial charge on any atom is -0.458 e. The van der Waals surface area contributed by atoms with Gasteiger partial charge in [0.05, 0.1) is 19.1 Å². The molecule has 5 N–H and O–H groups in total. The minimum atomic E-state index is -1.26. The van der Waals surface area contributed by atoms with Gasteiger partial charge >= 0.3 is 0 Å². The van der Waals surface area contributed by atoms with Crippen LogP contribution in [-0.4, -0.2) is 66.3 Å². The third-order valence-electron chi connectivity index (χ3n) is 8.81. The second-order valence-corrected chi connectivity index (χ2v) is 15.4. The van der Waals surface area contributed by atoms with Crippen LogP contribution in [0, 0.1) is 5.41 Å². The van der Waals surface area contributed by atoms with Gasteiger partial charge in [-0.15, -0.1) is 0 Å². The molecule has 3 unspecified atom stereocenters. The Morgan fingerprint density at radius 2 is 1.71 bits per heavy atom. The van der Waals surface area contributed by atoms with Crippen molar-refractivity contribution in [2.75, 3.05) is 13.1 Å². The van der Waals surface area contributed by atoms with Gasteiger partial charge in [-0.1, -0.05) is 102 Å². The molecule has 58 heavy (non-hydrogen) atoms. The van der Waals surface area contributed by atoms with E-state index in [0.29, 0.717) is 42.8 Å². The van der Waals surface area contributed by atoms with Crippen LogP contribution in [0.1, 0.15) is 117 Å². The molecule has 3 atom stereocenters. The number of unbranched alkanes of at least 4 members (excludes halogenated alkanes) is 1. The highest BCUT2D eigenvalue weighted by molar-refractivity contribution is 6.38. The maximum Gasteiger partial charge on any atom is 0.290 e. The van der Waals surface area contributed by atoms with Crippen LogP contribution >= 0.6 is 0 Å². The van der Waals surface area contributed by atoms with E-state index >= 15 is 0 Å². The first-order chi connectivity index (χ1) is 27.6. The Bertz CT molecular complexity index is 1720. The zero-order valence-corrected chi connectivity index (χ0v) is 35.0. The lowest BCUT2D eigenvalue weighted by atomic mass is 9.86. The smallest absolute Gasteiger partial charge is 0.290 e. The zero-order valence-electron chi connectivity index (χ0n) is 35.0. The number of rotatable bonds is 16. The van der Waals surface area contributed by atoms with E-state index in [9.17, 15) is 33.6 Å². The van der Waals surface area contributed by atoms with Crippen LogP contribution in [0.25, 0.3) is 0 Å². The largest absolute Gasteiger partial charge is 0.458 e. The Kier molecular flexibility index (Phi) is 21.4. The molecular weight excluding hydrogens is 739 g/mol. The molecule has 0 saturated carbocycles. The van der Waals surface area contributed by atoms with Crippen molar-refractivity contribution >= 4 is 41.1 Å². The van der Waals surface area contributed by atoms with Gasteiger partial charge in [0.15, 0.2) is 5.78 Å². The highest BCUT2D eigenvalue weighted by Gasteiger charge is 2.31. The lowest BCUT2D eigenvalue weighted by molar-refractivity contribution is -0.141. The van der Waals surface area contributed by atoms with Crippen molar-refractivity contribution in [1.82, 2.24) is 26.6 Å². The first-order valence-corrected chi connectivity index (χ1v) is 20.2. The maximum absolute atomic E-state index is 13.8. The highest BCUT2D eigenvalue weighted by Crippen LogP contribution is 2.25. The van der Waals surface area contributed by atoms with Crippen LogP contribution in [0.3, 0.4) is 0 Å². The topological polar surface area (TPSA) is 189 Å². The van der Waals surface area contributed by atoms with Crippen molar-refractivity contribution in [2.24, 2.45) is 5.41 Å². The fourth-order valence-electron chi connectivity index (χ4n) is 5.90. The molecule has 0 aliphatic carbocycles. The fraction of sp³-hybridized carbons (Fsp3) is 0.489. The average Bonchev–Trinajstić information content (AvgIpc) is 3.17. The van der Waals surface area contributed by atoms with Gasteiger partial charge in [0.25, 0.3) is 5.91 Å². The molecule has 1 heterocycles. The molecule has 0 fully saturated rings. The van der Waals surface area contributed by atoms with E-state index in [4.69, 9.17) is 4.74 Å². The molecule has 13 heteroatoms. The Balaban J connectivity index is 2.27. The maximum atomic E-state index is 13.8.